The number of halogens is 6. The molecular formula is C23H21ClF5N3O3. The van der Waals surface area contributed by atoms with E-state index in [1.54, 1.807) is 4.90 Å². The molecule has 0 radical (unpaired) electrons. The van der Waals surface area contributed by atoms with E-state index in [9.17, 15) is 36.3 Å². The second-order valence-corrected chi connectivity index (χ2v) is 8.33. The van der Waals surface area contributed by atoms with E-state index >= 15 is 0 Å². The van der Waals surface area contributed by atoms with E-state index in [2.05, 4.69) is 0 Å². The van der Waals surface area contributed by atoms with Gasteiger partial charge in [0.2, 0.25) is 0 Å². The van der Waals surface area contributed by atoms with Crippen LogP contribution < -0.4 is 10.2 Å². The first-order chi connectivity index (χ1) is 16.5. The van der Waals surface area contributed by atoms with Crippen molar-refractivity contribution in [3.63, 3.8) is 0 Å². The third-order valence-corrected chi connectivity index (χ3v) is 5.73. The lowest BCUT2D eigenvalue weighted by Crippen LogP contribution is -2.45. The van der Waals surface area contributed by atoms with Gasteiger partial charge in [-0.15, -0.1) is 0 Å². The Kier molecular flexibility index (Phi) is 8.31. The highest BCUT2D eigenvalue weighted by Crippen LogP contribution is 2.27. The number of piperidine rings is 1. The van der Waals surface area contributed by atoms with Gasteiger partial charge in [0.15, 0.2) is 5.78 Å². The van der Waals surface area contributed by atoms with Crippen LogP contribution in [0.25, 0.3) is 0 Å². The summed E-state index contributed by atoms with van der Waals surface area (Å²) in [6.45, 7) is -0.235. The Bertz CT molecular complexity index is 1120. The fourth-order valence-corrected chi connectivity index (χ4v) is 3.74. The Morgan fingerprint density at radius 1 is 0.971 bits per heavy atom. The van der Waals surface area contributed by atoms with Crippen molar-refractivity contribution in [1.82, 2.24) is 10.2 Å². The number of alkyl halides is 3. The van der Waals surface area contributed by atoms with Crippen LogP contribution in [0.3, 0.4) is 0 Å². The normalized spacial score (nSPS) is 13.9. The molecule has 188 valence electrons. The zero-order valence-electron chi connectivity index (χ0n) is 18.3. The molecule has 1 heterocycles. The van der Waals surface area contributed by atoms with Crippen LogP contribution in [0.2, 0.25) is 5.02 Å². The summed E-state index contributed by atoms with van der Waals surface area (Å²) in [6.07, 6.45) is -2.57. The van der Waals surface area contributed by atoms with Crippen LogP contribution in [0.15, 0.2) is 36.4 Å². The predicted octanol–water partition coefficient (Wildman–Crippen LogP) is 5.09. The van der Waals surface area contributed by atoms with E-state index in [1.807, 2.05) is 0 Å². The molecule has 3 amide bonds. The minimum absolute atomic E-state index is 0.00619. The number of carbonyl (C=O) groups excluding carboxylic acids is 3. The van der Waals surface area contributed by atoms with Crippen molar-refractivity contribution in [3.8, 4) is 0 Å². The Morgan fingerprint density at radius 2 is 1.66 bits per heavy atom. The smallest absolute Gasteiger partial charge is 0.341 e. The zero-order valence-corrected chi connectivity index (χ0v) is 19.1. The van der Waals surface area contributed by atoms with E-state index in [0.717, 1.165) is 31.4 Å². The molecule has 1 N–H and O–H groups in total. The van der Waals surface area contributed by atoms with Crippen LogP contribution in [-0.4, -0.2) is 48.4 Å². The van der Waals surface area contributed by atoms with Crippen LogP contribution >= 0.6 is 11.6 Å². The average molecular weight is 518 g/mol. The van der Waals surface area contributed by atoms with Crippen molar-refractivity contribution < 1.29 is 36.3 Å². The van der Waals surface area contributed by atoms with Gasteiger partial charge in [-0.25, -0.2) is 13.6 Å². The Labute approximate surface area is 202 Å². The summed E-state index contributed by atoms with van der Waals surface area (Å²) in [5, 5.41) is 1.21. The number of benzene rings is 2. The number of anilines is 1. The van der Waals surface area contributed by atoms with E-state index < -0.39 is 42.1 Å². The molecule has 1 aliphatic heterocycles. The molecule has 3 rings (SSSR count). The highest BCUT2D eigenvalue weighted by Gasteiger charge is 2.38. The molecule has 12 heteroatoms. The summed E-state index contributed by atoms with van der Waals surface area (Å²) in [6, 6.07) is 6.46. The summed E-state index contributed by atoms with van der Waals surface area (Å²) >= 11 is 5.88. The number of urea groups is 1. The van der Waals surface area contributed by atoms with Gasteiger partial charge in [0.25, 0.3) is 0 Å². The maximum atomic E-state index is 14.9. The molecule has 1 saturated heterocycles. The van der Waals surface area contributed by atoms with Crippen LogP contribution in [0, 0.1) is 11.6 Å². The number of nitrogens with zero attached hydrogens (tertiary/aromatic N) is 2. The summed E-state index contributed by atoms with van der Waals surface area (Å²) < 4.78 is 65.4. The maximum Gasteiger partial charge on any atom is 0.471 e. The monoisotopic (exact) mass is 517 g/mol. The van der Waals surface area contributed by atoms with Gasteiger partial charge >= 0.3 is 18.1 Å². The van der Waals surface area contributed by atoms with E-state index in [4.69, 9.17) is 11.6 Å². The van der Waals surface area contributed by atoms with Gasteiger partial charge in [0.1, 0.15) is 11.6 Å². The van der Waals surface area contributed by atoms with Crippen molar-refractivity contribution in [2.24, 2.45) is 0 Å². The van der Waals surface area contributed by atoms with Crippen LogP contribution in [0.4, 0.5) is 32.4 Å². The number of amides is 3. The van der Waals surface area contributed by atoms with Crippen molar-refractivity contribution in [3.05, 3.63) is 64.2 Å². The molecule has 35 heavy (non-hydrogen) atoms. The lowest BCUT2D eigenvalue weighted by Gasteiger charge is -2.33. The molecule has 0 bridgehead atoms. The third kappa shape index (κ3) is 6.68. The second kappa shape index (κ2) is 11.0. The van der Waals surface area contributed by atoms with Crippen molar-refractivity contribution in [1.29, 1.82) is 0 Å². The third-order valence-electron chi connectivity index (χ3n) is 5.44. The summed E-state index contributed by atoms with van der Waals surface area (Å²) in [5.74, 6) is -4.79. The molecule has 0 atom stereocenters. The number of likely N-dealkylation sites (tertiary alicyclic amines) is 1. The van der Waals surface area contributed by atoms with Crippen molar-refractivity contribution >= 4 is 35.0 Å². The summed E-state index contributed by atoms with van der Waals surface area (Å²) in [4.78, 5) is 39.0. The van der Waals surface area contributed by atoms with Crippen molar-refractivity contribution in [2.75, 3.05) is 24.5 Å². The molecule has 1 fully saturated rings. The number of hydrogen-bond acceptors (Lipinski definition) is 3. The quantitative estimate of drug-likeness (QED) is 0.428. The standard InChI is InChI=1S/C23H21ClF5N3O3/c24-17-11-16(6-7-18(17)25)32(22(35)31-8-2-1-3-9-31)13-15-5-4-14(10-19(15)26)20(33)12-30-21(34)23(27,28)29/h4-7,10-11H,1-3,8-9,12-13H2,(H,30,34). The molecule has 2 aromatic rings. The first kappa shape index (κ1) is 26.4. The first-order valence-corrected chi connectivity index (χ1v) is 11.0. The van der Waals surface area contributed by atoms with E-state index in [1.165, 1.54) is 34.5 Å². The van der Waals surface area contributed by atoms with Gasteiger partial charge in [0.05, 0.1) is 18.1 Å². The van der Waals surface area contributed by atoms with Crippen LogP contribution in [-0.2, 0) is 11.3 Å². The molecule has 0 aliphatic carbocycles. The van der Waals surface area contributed by atoms with Crippen LogP contribution in [0.1, 0.15) is 35.2 Å². The first-order valence-electron chi connectivity index (χ1n) is 10.7. The zero-order chi connectivity index (χ0) is 25.8. The van der Waals surface area contributed by atoms with Gasteiger partial charge in [-0.2, -0.15) is 13.2 Å². The molecule has 0 saturated carbocycles. The molecule has 0 spiro atoms. The Morgan fingerprint density at radius 3 is 2.26 bits per heavy atom. The van der Waals surface area contributed by atoms with Gasteiger partial charge in [0, 0.05) is 29.9 Å². The lowest BCUT2D eigenvalue weighted by molar-refractivity contribution is -0.173. The molecule has 2 aromatic carbocycles. The van der Waals surface area contributed by atoms with Crippen molar-refractivity contribution in [2.45, 2.75) is 32.0 Å². The van der Waals surface area contributed by atoms with E-state index in [-0.39, 0.29) is 28.4 Å². The number of rotatable bonds is 6. The maximum absolute atomic E-state index is 14.9. The topological polar surface area (TPSA) is 69.7 Å². The van der Waals surface area contributed by atoms with Gasteiger partial charge in [-0.3, -0.25) is 14.5 Å². The van der Waals surface area contributed by atoms with Crippen LogP contribution in [0.5, 0.6) is 0 Å². The number of nitrogens with one attached hydrogen (secondary N) is 1. The highest BCUT2D eigenvalue weighted by atomic mass is 35.5. The Hall–Kier alpha value is -3.21. The fraction of sp³-hybridized carbons (Fsp3) is 0.348. The predicted molar refractivity (Wildman–Crippen MR) is 118 cm³/mol. The molecule has 1 aliphatic rings. The van der Waals surface area contributed by atoms with E-state index in [0.29, 0.717) is 13.1 Å². The minimum atomic E-state index is -5.15. The molecule has 6 nitrogen and oxygen atoms in total. The molecule has 0 aromatic heterocycles. The number of hydrogen-bond donors (Lipinski definition) is 1. The number of Topliss-reactive ketones (excluding diaryl/α,β-unsaturated/α-hetero) is 1. The van der Waals surface area contributed by atoms with Gasteiger partial charge in [-0.1, -0.05) is 23.7 Å². The minimum Gasteiger partial charge on any atom is -0.341 e. The van der Waals surface area contributed by atoms with Gasteiger partial charge < -0.3 is 10.2 Å². The summed E-state index contributed by atoms with van der Waals surface area (Å²) in [7, 11) is 0. The SMILES string of the molecule is O=C(CNC(=O)C(F)(F)F)c1ccc(CN(C(=O)N2CCCCC2)c2ccc(F)c(Cl)c2)c(F)c1. The largest absolute Gasteiger partial charge is 0.471 e. The number of ketones is 1. The second-order valence-electron chi connectivity index (χ2n) is 7.92. The fourth-order valence-electron chi connectivity index (χ4n) is 3.56. The molecular weight excluding hydrogens is 497 g/mol. The highest BCUT2D eigenvalue weighted by molar-refractivity contribution is 6.31. The number of carbonyl (C=O) groups is 3. The van der Waals surface area contributed by atoms with Gasteiger partial charge in [-0.05, 0) is 43.5 Å². The lowest BCUT2D eigenvalue weighted by atomic mass is 10.1. The summed E-state index contributed by atoms with van der Waals surface area (Å²) in [5.41, 5.74) is -0.0134. The average Bonchev–Trinajstić information content (AvgIpc) is 2.82. The molecule has 0 unspecified atom stereocenters. The Balaban J connectivity index is 1.81.